The molecule has 0 aliphatic rings. The molecule has 5 heteroatoms. The van der Waals surface area contributed by atoms with Gasteiger partial charge in [-0.3, -0.25) is 9.69 Å². The van der Waals surface area contributed by atoms with Gasteiger partial charge in [-0.15, -0.1) is 0 Å². The van der Waals surface area contributed by atoms with E-state index in [1.54, 1.807) is 25.3 Å². The van der Waals surface area contributed by atoms with Crippen molar-refractivity contribution < 1.29 is 9.53 Å². The van der Waals surface area contributed by atoms with E-state index in [-0.39, 0.29) is 5.91 Å². The van der Waals surface area contributed by atoms with Gasteiger partial charge in [0.15, 0.2) is 0 Å². The van der Waals surface area contributed by atoms with Gasteiger partial charge in [0, 0.05) is 12.2 Å². The Balaban J connectivity index is 1.88. The third-order valence-corrected chi connectivity index (χ3v) is 3.22. The highest BCUT2D eigenvalue weighted by Gasteiger charge is 2.08. The molecule has 0 heterocycles. The molecule has 22 heavy (non-hydrogen) atoms. The zero-order valence-corrected chi connectivity index (χ0v) is 12.9. The largest absolute Gasteiger partial charge is 0.495 e. The third kappa shape index (κ3) is 4.49. The number of methoxy groups -OCH3 is 1. The molecular formula is C17H21N3O2. The van der Waals surface area contributed by atoms with Crippen LogP contribution < -0.4 is 15.8 Å². The lowest BCUT2D eigenvalue weighted by molar-refractivity contribution is -0.117. The molecule has 2 aromatic carbocycles. The molecular weight excluding hydrogens is 278 g/mol. The second-order valence-electron chi connectivity index (χ2n) is 5.16. The van der Waals surface area contributed by atoms with Crippen LogP contribution in [0.15, 0.2) is 48.5 Å². The van der Waals surface area contributed by atoms with E-state index in [0.717, 1.165) is 6.54 Å². The van der Waals surface area contributed by atoms with Crippen molar-refractivity contribution >= 4 is 17.3 Å². The van der Waals surface area contributed by atoms with E-state index < -0.39 is 0 Å². The number of hydrogen-bond acceptors (Lipinski definition) is 4. The minimum absolute atomic E-state index is 0.0806. The number of nitrogens with one attached hydrogen (secondary N) is 1. The van der Waals surface area contributed by atoms with Crippen LogP contribution in [-0.2, 0) is 11.3 Å². The second kappa shape index (κ2) is 7.47. The van der Waals surface area contributed by atoms with E-state index in [1.807, 2.05) is 42.3 Å². The van der Waals surface area contributed by atoms with Gasteiger partial charge in [0.25, 0.3) is 0 Å². The number of likely N-dealkylation sites (N-methyl/N-ethyl adjacent to an activating group) is 1. The molecule has 0 aromatic heterocycles. The molecule has 116 valence electrons. The van der Waals surface area contributed by atoms with Crippen LogP contribution in [0, 0.1) is 0 Å². The number of nitrogen functional groups attached to an aromatic ring is 1. The van der Waals surface area contributed by atoms with Crippen molar-refractivity contribution in [1.29, 1.82) is 0 Å². The van der Waals surface area contributed by atoms with Gasteiger partial charge in [-0.1, -0.05) is 30.3 Å². The van der Waals surface area contributed by atoms with Gasteiger partial charge in [-0.2, -0.15) is 0 Å². The Bertz CT molecular complexity index is 629. The maximum Gasteiger partial charge on any atom is 0.238 e. The number of nitrogens with two attached hydrogens (primary N) is 1. The van der Waals surface area contributed by atoms with Crippen LogP contribution in [0.1, 0.15) is 5.56 Å². The maximum absolute atomic E-state index is 12.1. The summed E-state index contributed by atoms with van der Waals surface area (Å²) in [6.45, 7) is 1.03. The molecule has 2 rings (SSSR count). The third-order valence-electron chi connectivity index (χ3n) is 3.22. The van der Waals surface area contributed by atoms with Gasteiger partial charge >= 0.3 is 0 Å². The summed E-state index contributed by atoms with van der Waals surface area (Å²) in [5, 5.41) is 2.83. The Morgan fingerprint density at radius 2 is 1.95 bits per heavy atom. The number of carbonyl (C=O) groups is 1. The van der Waals surface area contributed by atoms with Gasteiger partial charge in [-0.25, -0.2) is 0 Å². The molecule has 0 bridgehead atoms. The Hall–Kier alpha value is -2.53. The van der Waals surface area contributed by atoms with Crippen molar-refractivity contribution in [3.05, 3.63) is 54.1 Å². The molecule has 2 aromatic rings. The lowest BCUT2D eigenvalue weighted by atomic mass is 10.2. The fraction of sp³-hybridized carbons (Fsp3) is 0.235. The molecule has 0 saturated carbocycles. The number of anilines is 2. The fourth-order valence-electron chi connectivity index (χ4n) is 2.21. The second-order valence-corrected chi connectivity index (χ2v) is 5.16. The molecule has 0 aliphatic carbocycles. The van der Waals surface area contributed by atoms with Crippen molar-refractivity contribution in [2.45, 2.75) is 6.54 Å². The predicted molar refractivity (Wildman–Crippen MR) is 88.8 cm³/mol. The zero-order valence-electron chi connectivity index (χ0n) is 12.9. The molecule has 3 N–H and O–H groups in total. The summed E-state index contributed by atoms with van der Waals surface area (Å²) < 4.78 is 5.09. The first-order chi connectivity index (χ1) is 10.6. The Kier molecular flexibility index (Phi) is 5.38. The van der Waals surface area contributed by atoms with Crippen molar-refractivity contribution in [3.63, 3.8) is 0 Å². The van der Waals surface area contributed by atoms with E-state index in [0.29, 0.717) is 23.7 Å². The van der Waals surface area contributed by atoms with Gasteiger partial charge in [-0.05, 0) is 30.8 Å². The summed E-state index contributed by atoms with van der Waals surface area (Å²) in [7, 11) is 3.47. The fourth-order valence-corrected chi connectivity index (χ4v) is 2.21. The molecule has 0 saturated heterocycles. The van der Waals surface area contributed by atoms with Gasteiger partial charge < -0.3 is 15.8 Å². The van der Waals surface area contributed by atoms with Crippen LogP contribution in [0.5, 0.6) is 5.75 Å². The summed E-state index contributed by atoms with van der Waals surface area (Å²) in [6, 6.07) is 15.2. The monoisotopic (exact) mass is 299 g/mol. The zero-order chi connectivity index (χ0) is 15.9. The highest BCUT2D eigenvalue weighted by Crippen LogP contribution is 2.24. The van der Waals surface area contributed by atoms with Crippen LogP contribution in [0.3, 0.4) is 0 Å². The molecule has 0 radical (unpaired) electrons. The van der Waals surface area contributed by atoms with E-state index in [9.17, 15) is 4.79 Å². The first-order valence-corrected chi connectivity index (χ1v) is 7.04. The predicted octanol–water partition coefficient (Wildman–Crippen LogP) is 2.35. The topological polar surface area (TPSA) is 67.6 Å². The molecule has 0 atom stereocenters. The lowest BCUT2D eigenvalue weighted by Gasteiger charge is -2.16. The minimum atomic E-state index is -0.0806. The number of rotatable bonds is 6. The highest BCUT2D eigenvalue weighted by atomic mass is 16.5. The van der Waals surface area contributed by atoms with Crippen LogP contribution >= 0.6 is 0 Å². The lowest BCUT2D eigenvalue weighted by Crippen LogP contribution is -2.29. The van der Waals surface area contributed by atoms with Crippen molar-refractivity contribution in [1.82, 2.24) is 4.90 Å². The summed E-state index contributed by atoms with van der Waals surface area (Å²) in [6.07, 6.45) is 0. The smallest absolute Gasteiger partial charge is 0.238 e. The first-order valence-electron chi connectivity index (χ1n) is 7.04. The summed E-state index contributed by atoms with van der Waals surface area (Å²) in [5.41, 5.74) is 8.16. The Morgan fingerprint density at radius 1 is 1.23 bits per heavy atom. The number of ether oxygens (including phenoxy) is 1. The van der Waals surface area contributed by atoms with Crippen LogP contribution in [-0.4, -0.2) is 31.5 Å². The van der Waals surface area contributed by atoms with Crippen LogP contribution in [0.25, 0.3) is 0 Å². The van der Waals surface area contributed by atoms with Gasteiger partial charge in [0.2, 0.25) is 5.91 Å². The van der Waals surface area contributed by atoms with Gasteiger partial charge in [0.05, 0.1) is 19.3 Å². The summed E-state index contributed by atoms with van der Waals surface area (Å²) in [5.74, 6) is 0.516. The molecule has 0 unspecified atom stereocenters. The number of amides is 1. The van der Waals surface area contributed by atoms with Crippen LogP contribution in [0.4, 0.5) is 11.4 Å². The number of carbonyl (C=O) groups excluding carboxylic acids is 1. The number of benzene rings is 2. The Morgan fingerprint density at radius 3 is 2.59 bits per heavy atom. The minimum Gasteiger partial charge on any atom is -0.495 e. The van der Waals surface area contributed by atoms with Gasteiger partial charge in [0.1, 0.15) is 5.75 Å². The van der Waals surface area contributed by atoms with E-state index >= 15 is 0 Å². The maximum atomic E-state index is 12.1. The van der Waals surface area contributed by atoms with Crippen molar-refractivity contribution in [2.24, 2.45) is 0 Å². The van der Waals surface area contributed by atoms with E-state index in [1.165, 1.54) is 5.56 Å². The highest BCUT2D eigenvalue weighted by molar-refractivity contribution is 5.92. The average molecular weight is 299 g/mol. The normalized spacial score (nSPS) is 10.5. The number of nitrogens with zero attached hydrogens (tertiary/aromatic N) is 1. The van der Waals surface area contributed by atoms with E-state index in [4.69, 9.17) is 10.5 Å². The molecule has 0 aliphatic heterocycles. The SMILES string of the molecule is COc1ccc(NC(=O)CN(C)Cc2ccccc2)cc1N. The first kappa shape index (κ1) is 15.9. The standard InChI is InChI=1S/C17H21N3O2/c1-20(11-13-6-4-3-5-7-13)12-17(21)19-14-8-9-16(22-2)15(18)10-14/h3-10H,11-12,18H2,1-2H3,(H,19,21). The summed E-state index contributed by atoms with van der Waals surface area (Å²) in [4.78, 5) is 14.0. The molecule has 1 amide bonds. The Labute approximate surface area is 130 Å². The number of hydrogen-bond donors (Lipinski definition) is 2. The average Bonchev–Trinajstić information content (AvgIpc) is 2.48. The molecule has 0 fully saturated rings. The summed E-state index contributed by atoms with van der Waals surface area (Å²) >= 11 is 0. The van der Waals surface area contributed by atoms with Crippen molar-refractivity contribution in [3.8, 4) is 5.75 Å². The molecule has 5 nitrogen and oxygen atoms in total. The quantitative estimate of drug-likeness (QED) is 0.804. The van der Waals surface area contributed by atoms with E-state index in [2.05, 4.69) is 5.32 Å². The van der Waals surface area contributed by atoms with Crippen molar-refractivity contribution in [2.75, 3.05) is 31.8 Å². The van der Waals surface area contributed by atoms with Crippen LogP contribution in [0.2, 0.25) is 0 Å². The molecule has 0 spiro atoms.